The summed E-state index contributed by atoms with van der Waals surface area (Å²) in [5, 5.41) is 10.4. The van der Waals surface area contributed by atoms with E-state index in [1.165, 1.54) is 12.8 Å². The van der Waals surface area contributed by atoms with E-state index in [2.05, 4.69) is 25.4 Å². The van der Waals surface area contributed by atoms with E-state index in [1.807, 2.05) is 13.0 Å². The van der Waals surface area contributed by atoms with Gasteiger partial charge in [-0.2, -0.15) is 5.10 Å². The predicted octanol–water partition coefficient (Wildman–Crippen LogP) is 2.86. The highest BCUT2D eigenvalue weighted by molar-refractivity contribution is 5.54. The van der Waals surface area contributed by atoms with Crippen molar-refractivity contribution in [1.29, 1.82) is 0 Å². The number of hydrogen-bond acceptors (Lipinski definition) is 5. The maximum atomic E-state index is 14.4. The average Bonchev–Trinajstić information content (AvgIpc) is 3.37. The summed E-state index contributed by atoms with van der Waals surface area (Å²) in [5.41, 5.74) is 1.78. The van der Waals surface area contributed by atoms with Gasteiger partial charge in [-0.25, -0.2) is 9.37 Å². The molecule has 0 bridgehead atoms. The number of nitrogens with one attached hydrogen (secondary N) is 2. The Labute approximate surface area is 153 Å². The lowest BCUT2D eigenvalue weighted by atomic mass is 10.1. The number of aryl methyl sites for hydroxylation is 1. The van der Waals surface area contributed by atoms with Gasteiger partial charge in [0.2, 0.25) is 0 Å². The lowest BCUT2D eigenvalue weighted by Gasteiger charge is -2.22. The quantitative estimate of drug-likeness (QED) is 0.830. The molecule has 2 N–H and O–H groups in total. The van der Waals surface area contributed by atoms with Crippen LogP contribution < -0.4 is 10.2 Å². The highest BCUT2D eigenvalue weighted by atomic mass is 19.1. The van der Waals surface area contributed by atoms with Crippen molar-refractivity contribution in [3.05, 3.63) is 41.2 Å². The molecular formula is C19H26FN5O. The van der Waals surface area contributed by atoms with Crippen LogP contribution in [0.4, 0.5) is 10.1 Å². The number of halogens is 1. The summed E-state index contributed by atoms with van der Waals surface area (Å²) < 4.78 is 20.4. The molecule has 6 nitrogen and oxygen atoms in total. The van der Waals surface area contributed by atoms with Gasteiger partial charge in [0.05, 0.1) is 6.10 Å². The molecule has 1 aromatic carbocycles. The van der Waals surface area contributed by atoms with Crippen LogP contribution in [0.15, 0.2) is 18.2 Å². The number of hydrogen-bond donors (Lipinski definition) is 2. The summed E-state index contributed by atoms with van der Waals surface area (Å²) in [7, 11) is 0. The van der Waals surface area contributed by atoms with Crippen molar-refractivity contribution >= 4 is 5.69 Å². The predicted molar refractivity (Wildman–Crippen MR) is 97.5 cm³/mol. The normalized spacial score (nSPS) is 23.1. The van der Waals surface area contributed by atoms with E-state index in [9.17, 15) is 4.39 Å². The van der Waals surface area contributed by atoms with Crippen molar-refractivity contribution in [3.8, 4) is 0 Å². The van der Waals surface area contributed by atoms with Crippen LogP contribution in [0.2, 0.25) is 0 Å². The van der Waals surface area contributed by atoms with E-state index >= 15 is 0 Å². The fraction of sp³-hybridized carbons (Fsp3) is 0.579. The van der Waals surface area contributed by atoms with Gasteiger partial charge in [0, 0.05) is 37.4 Å². The summed E-state index contributed by atoms with van der Waals surface area (Å²) in [6, 6.07) is 5.37. The van der Waals surface area contributed by atoms with Gasteiger partial charge >= 0.3 is 0 Å². The van der Waals surface area contributed by atoms with Gasteiger partial charge in [0.25, 0.3) is 0 Å². The van der Waals surface area contributed by atoms with Crippen molar-refractivity contribution in [1.82, 2.24) is 20.5 Å². The van der Waals surface area contributed by atoms with Crippen LogP contribution >= 0.6 is 0 Å². The number of anilines is 1. The van der Waals surface area contributed by atoms with Gasteiger partial charge in [-0.15, -0.1) is 0 Å². The third-order valence-corrected chi connectivity index (χ3v) is 5.22. The highest BCUT2D eigenvalue weighted by Gasteiger charge is 2.29. The van der Waals surface area contributed by atoms with Gasteiger partial charge in [-0.1, -0.05) is 6.07 Å². The summed E-state index contributed by atoms with van der Waals surface area (Å²) in [4.78, 5) is 6.64. The lowest BCUT2D eigenvalue weighted by molar-refractivity contribution is 0.0400. The largest absolute Gasteiger partial charge is 0.371 e. The van der Waals surface area contributed by atoms with Crippen molar-refractivity contribution in [2.45, 2.75) is 51.4 Å². The number of nitrogens with zero attached hydrogens (tertiary/aromatic N) is 3. The molecule has 0 radical (unpaired) electrons. The van der Waals surface area contributed by atoms with Crippen LogP contribution in [0, 0.1) is 12.7 Å². The summed E-state index contributed by atoms with van der Waals surface area (Å²) in [5.74, 6) is 1.40. The molecule has 7 heteroatoms. The minimum Gasteiger partial charge on any atom is -0.371 e. The Hall–Kier alpha value is -1.99. The highest BCUT2D eigenvalue weighted by Crippen LogP contribution is 2.31. The molecule has 0 saturated carbocycles. The number of H-pyrrole nitrogens is 1. The van der Waals surface area contributed by atoms with Crippen molar-refractivity contribution < 1.29 is 9.13 Å². The lowest BCUT2D eigenvalue weighted by Crippen LogP contribution is -2.28. The van der Waals surface area contributed by atoms with Crippen molar-refractivity contribution in [2.24, 2.45) is 0 Å². The third kappa shape index (κ3) is 3.73. The first-order valence-corrected chi connectivity index (χ1v) is 9.48. The van der Waals surface area contributed by atoms with E-state index in [4.69, 9.17) is 4.74 Å². The monoisotopic (exact) mass is 359 g/mol. The van der Waals surface area contributed by atoms with Crippen LogP contribution in [0.25, 0.3) is 0 Å². The van der Waals surface area contributed by atoms with E-state index in [0.717, 1.165) is 48.8 Å². The molecule has 2 saturated heterocycles. The van der Waals surface area contributed by atoms with Gasteiger partial charge in [0.1, 0.15) is 17.7 Å². The van der Waals surface area contributed by atoms with E-state index in [-0.39, 0.29) is 18.0 Å². The molecule has 26 heavy (non-hydrogen) atoms. The zero-order valence-electron chi connectivity index (χ0n) is 15.2. The molecule has 2 fully saturated rings. The molecule has 0 amide bonds. The van der Waals surface area contributed by atoms with Gasteiger partial charge in [-0.3, -0.25) is 5.10 Å². The van der Waals surface area contributed by atoms with Gasteiger partial charge in [-0.05, 0) is 44.7 Å². The maximum Gasteiger partial charge on any atom is 0.179 e. The third-order valence-electron chi connectivity index (χ3n) is 5.22. The Balaban J connectivity index is 1.32. The molecule has 1 aromatic heterocycles. The molecule has 2 atom stereocenters. The zero-order valence-corrected chi connectivity index (χ0v) is 15.2. The van der Waals surface area contributed by atoms with Crippen molar-refractivity contribution in [2.75, 3.05) is 24.5 Å². The second-order valence-electron chi connectivity index (χ2n) is 7.17. The zero-order chi connectivity index (χ0) is 17.9. The molecule has 3 heterocycles. The van der Waals surface area contributed by atoms with Crippen LogP contribution in [0.5, 0.6) is 0 Å². The fourth-order valence-corrected chi connectivity index (χ4v) is 3.88. The Morgan fingerprint density at radius 1 is 1.31 bits per heavy atom. The summed E-state index contributed by atoms with van der Waals surface area (Å²) in [6.45, 7) is 5.13. The Bertz CT molecular complexity index is 743. The molecule has 2 aromatic rings. The standard InChI is InChI=1S/C19H26FN5O/c1-13-22-19(24-23-13)18-8-7-14(26-18)11-21-12-15-16(20)5-4-6-17(15)25-9-2-3-10-25/h4-6,14,18,21H,2-3,7-12H2,1H3,(H,22,23,24)/t14-,18+/m1/s1. The second kappa shape index (κ2) is 7.72. The Morgan fingerprint density at radius 2 is 2.15 bits per heavy atom. The van der Waals surface area contributed by atoms with Crippen molar-refractivity contribution in [3.63, 3.8) is 0 Å². The van der Waals surface area contributed by atoms with E-state index < -0.39 is 0 Å². The number of benzene rings is 1. The van der Waals surface area contributed by atoms with Crippen LogP contribution in [0.1, 0.15) is 49.0 Å². The van der Waals surface area contributed by atoms with Crippen LogP contribution in [0.3, 0.4) is 0 Å². The van der Waals surface area contributed by atoms with Crippen LogP contribution in [-0.4, -0.2) is 40.9 Å². The molecule has 0 unspecified atom stereocenters. The number of ether oxygens (including phenoxy) is 1. The first kappa shape index (κ1) is 17.4. The summed E-state index contributed by atoms with van der Waals surface area (Å²) >= 11 is 0. The molecule has 0 aliphatic carbocycles. The second-order valence-corrected chi connectivity index (χ2v) is 7.17. The smallest absolute Gasteiger partial charge is 0.179 e. The Morgan fingerprint density at radius 3 is 2.92 bits per heavy atom. The minimum absolute atomic E-state index is 0.0413. The number of aromatic amines is 1. The minimum atomic E-state index is -0.136. The average molecular weight is 359 g/mol. The molecule has 0 spiro atoms. The molecule has 140 valence electrons. The van der Waals surface area contributed by atoms with Crippen LogP contribution in [-0.2, 0) is 11.3 Å². The molecule has 4 rings (SSSR count). The van der Waals surface area contributed by atoms with E-state index in [1.54, 1.807) is 12.1 Å². The maximum absolute atomic E-state index is 14.4. The SMILES string of the molecule is Cc1nc([C@@H]2CC[C@H](CNCc3c(F)cccc3N3CCCC3)O2)n[nH]1. The van der Waals surface area contributed by atoms with Gasteiger partial charge < -0.3 is 15.0 Å². The topological polar surface area (TPSA) is 66.1 Å². The molecule has 2 aliphatic heterocycles. The molecular weight excluding hydrogens is 333 g/mol. The number of aromatic nitrogens is 3. The van der Waals surface area contributed by atoms with Gasteiger partial charge in [0.15, 0.2) is 5.82 Å². The molecule has 2 aliphatic rings. The summed E-state index contributed by atoms with van der Waals surface area (Å²) in [6.07, 6.45) is 4.31. The number of rotatable bonds is 6. The first-order valence-electron chi connectivity index (χ1n) is 9.48. The fourth-order valence-electron chi connectivity index (χ4n) is 3.88. The first-order chi connectivity index (χ1) is 12.7. The Kier molecular flexibility index (Phi) is 5.17. The van der Waals surface area contributed by atoms with E-state index in [0.29, 0.717) is 13.1 Å².